The molecule has 2 rings (SSSR count). The highest BCUT2D eigenvalue weighted by molar-refractivity contribution is 5.44. The zero-order valence-corrected chi connectivity index (χ0v) is 11.4. The first kappa shape index (κ1) is 13.0. The minimum Gasteiger partial charge on any atom is -0.485 e. The van der Waals surface area contributed by atoms with Crippen LogP contribution in [-0.2, 0) is 6.42 Å². The molecule has 98 valence electrons. The number of hydrogen-bond acceptors (Lipinski definition) is 2. The lowest BCUT2D eigenvalue weighted by Gasteiger charge is -2.11. The Balaban J connectivity index is 2.05. The van der Waals surface area contributed by atoms with E-state index in [-0.39, 0.29) is 0 Å². The minimum atomic E-state index is 0.555. The Morgan fingerprint density at radius 2 is 1.94 bits per heavy atom. The van der Waals surface area contributed by atoms with Crippen LogP contribution in [-0.4, -0.2) is 13.2 Å². The molecular formula is C16H22O2. The van der Waals surface area contributed by atoms with Crippen molar-refractivity contribution in [1.82, 2.24) is 0 Å². The topological polar surface area (TPSA) is 18.5 Å². The minimum absolute atomic E-state index is 0.555. The summed E-state index contributed by atoms with van der Waals surface area (Å²) in [6.45, 7) is 9.55. The largest absolute Gasteiger partial charge is 0.485 e. The highest BCUT2D eigenvalue weighted by Gasteiger charge is 2.12. The van der Waals surface area contributed by atoms with Gasteiger partial charge < -0.3 is 9.47 Å². The number of rotatable bonds is 4. The van der Waals surface area contributed by atoms with Gasteiger partial charge in [-0.15, -0.1) is 0 Å². The first-order valence-corrected chi connectivity index (χ1v) is 6.74. The van der Waals surface area contributed by atoms with Gasteiger partial charge in [0.1, 0.15) is 13.2 Å². The van der Waals surface area contributed by atoms with Crippen LogP contribution >= 0.6 is 0 Å². The van der Waals surface area contributed by atoms with Crippen LogP contribution in [0.15, 0.2) is 30.4 Å². The second-order valence-corrected chi connectivity index (χ2v) is 5.16. The van der Waals surface area contributed by atoms with Crippen LogP contribution in [0.3, 0.4) is 0 Å². The highest BCUT2D eigenvalue weighted by Crippen LogP contribution is 2.31. The van der Waals surface area contributed by atoms with Gasteiger partial charge in [-0.2, -0.15) is 0 Å². The molecule has 2 nitrogen and oxygen atoms in total. The molecule has 1 aromatic carbocycles. The van der Waals surface area contributed by atoms with Crippen LogP contribution in [0.2, 0.25) is 0 Å². The third-order valence-corrected chi connectivity index (χ3v) is 3.49. The Morgan fingerprint density at radius 1 is 1.22 bits per heavy atom. The molecule has 0 aliphatic carbocycles. The Labute approximate surface area is 110 Å². The second kappa shape index (κ2) is 5.94. The molecule has 1 heterocycles. The van der Waals surface area contributed by atoms with E-state index in [2.05, 4.69) is 32.6 Å². The lowest BCUT2D eigenvalue weighted by molar-refractivity contribution is 0.354. The maximum atomic E-state index is 5.71. The molecule has 0 aromatic heterocycles. The molecule has 0 N–H and O–H groups in total. The fourth-order valence-corrected chi connectivity index (χ4v) is 1.96. The Morgan fingerprint density at radius 3 is 2.67 bits per heavy atom. The van der Waals surface area contributed by atoms with Crippen molar-refractivity contribution in [1.29, 1.82) is 0 Å². The van der Waals surface area contributed by atoms with Crippen molar-refractivity contribution in [3.05, 3.63) is 35.9 Å². The first-order chi connectivity index (χ1) is 8.69. The number of aryl methyl sites for hydroxylation is 1. The van der Waals surface area contributed by atoms with Gasteiger partial charge in [0.2, 0.25) is 0 Å². The van der Waals surface area contributed by atoms with Gasteiger partial charge in [0, 0.05) is 0 Å². The summed E-state index contributed by atoms with van der Waals surface area (Å²) in [5, 5.41) is 0. The van der Waals surface area contributed by atoms with Gasteiger partial charge in [-0.3, -0.25) is 0 Å². The summed E-state index contributed by atoms with van der Waals surface area (Å²) in [5.74, 6) is 2.47. The maximum absolute atomic E-state index is 5.71. The molecule has 0 fully saturated rings. The summed E-state index contributed by atoms with van der Waals surface area (Å²) in [6, 6.07) is 6.26. The maximum Gasteiger partial charge on any atom is 0.161 e. The van der Waals surface area contributed by atoms with Crippen LogP contribution in [0.5, 0.6) is 11.5 Å². The van der Waals surface area contributed by atoms with Gasteiger partial charge >= 0.3 is 0 Å². The van der Waals surface area contributed by atoms with E-state index >= 15 is 0 Å². The third-order valence-electron chi connectivity index (χ3n) is 3.49. The molecule has 0 bridgehead atoms. The zero-order chi connectivity index (χ0) is 13.0. The van der Waals surface area contributed by atoms with Gasteiger partial charge in [-0.05, 0) is 42.0 Å². The normalized spacial score (nSPS) is 16.2. The van der Waals surface area contributed by atoms with E-state index in [1.807, 2.05) is 6.07 Å². The Hall–Kier alpha value is -1.44. The van der Waals surface area contributed by atoms with E-state index in [4.69, 9.17) is 9.47 Å². The van der Waals surface area contributed by atoms with Crippen LogP contribution < -0.4 is 9.47 Å². The van der Waals surface area contributed by atoms with Crippen LogP contribution in [0.1, 0.15) is 32.3 Å². The molecule has 0 spiro atoms. The molecule has 1 atom stereocenters. The molecule has 1 aromatic rings. The van der Waals surface area contributed by atoms with Gasteiger partial charge in [0.15, 0.2) is 11.5 Å². The van der Waals surface area contributed by atoms with E-state index in [0.717, 1.165) is 29.4 Å². The SMILES string of the molecule is C=C1COc2ccc(CCC(C)CC)cc2OC1. The molecule has 1 aliphatic heterocycles. The van der Waals surface area contributed by atoms with Gasteiger partial charge in [0.25, 0.3) is 0 Å². The predicted octanol–water partition coefficient (Wildman–Crippen LogP) is 3.99. The van der Waals surface area contributed by atoms with Crippen LogP contribution in [0.4, 0.5) is 0 Å². The van der Waals surface area contributed by atoms with E-state index in [9.17, 15) is 0 Å². The molecule has 1 unspecified atom stereocenters. The van der Waals surface area contributed by atoms with Gasteiger partial charge in [-0.1, -0.05) is 32.9 Å². The van der Waals surface area contributed by atoms with Crippen molar-refractivity contribution < 1.29 is 9.47 Å². The lowest BCUT2D eigenvalue weighted by Crippen LogP contribution is -2.02. The average Bonchev–Trinajstić information content (AvgIpc) is 2.58. The summed E-state index contributed by atoms with van der Waals surface area (Å²) < 4.78 is 11.3. The summed E-state index contributed by atoms with van der Waals surface area (Å²) in [7, 11) is 0. The number of fused-ring (bicyclic) bond motifs is 1. The molecule has 2 heteroatoms. The van der Waals surface area contributed by atoms with Gasteiger partial charge in [-0.25, -0.2) is 0 Å². The Kier molecular flexibility index (Phi) is 4.29. The van der Waals surface area contributed by atoms with E-state index in [1.54, 1.807) is 0 Å². The average molecular weight is 246 g/mol. The first-order valence-electron chi connectivity index (χ1n) is 6.74. The summed E-state index contributed by atoms with van der Waals surface area (Å²) in [5.41, 5.74) is 2.30. The summed E-state index contributed by atoms with van der Waals surface area (Å²) in [6.07, 6.45) is 3.57. The van der Waals surface area contributed by atoms with Crippen molar-refractivity contribution in [2.24, 2.45) is 5.92 Å². The monoisotopic (exact) mass is 246 g/mol. The molecule has 0 amide bonds. The molecule has 1 aliphatic rings. The Bertz CT molecular complexity index is 423. The fourth-order valence-electron chi connectivity index (χ4n) is 1.96. The fraction of sp³-hybridized carbons (Fsp3) is 0.500. The molecular weight excluding hydrogens is 224 g/mol. The van der Waals surface area contributed by atoms with Crippen molar-refractivity contribution in [3.8, 4) is 11.5 Å². The number of benzene rings is 1. The summed E-state index contributed by atoms with van der Waals surface area (Å²) in [4.78, 5) is 0. The van der Waals surface area contributed by atoms with Gasteiger partial charge in [0.05, 0.1) is 0 Å². The van der Waals surface area contributed by atoms with E-state index < -0.39 is 0 Å². The van der Waals surface area contributed by atoms with Crippen LogP contribution in [0.25, 0.3) is 0 Å². The zero-order valence-electron chi connectivity index (χ0n) is 11.4. The lowest BCUT2D eigenvalue weighted by atomic mass is 9.99. The second-order valence-electron chi connectivity index (χ2n) is 5.16. The van der Waals surface area contributed by atoms with Crippen molar-refractivity contribution in [3.63, 3.8) is 0 Å². The highest BCUT2D eigenvalue weighted by atomic mass is 16.5. The number of hydrogen-bond donors (Lipinski definition) is 0. The predicted molar refractivity (Wildman–Crippen MR) is 74.3 cm³/mol. The molecule has 0 saturated carbocycles. The number of ether oxygens (including phenoxy) is 2. The third kappa shape index (κ3) is 3.28. The van der Waals surface area contributed by atoms with Crippen LogP contribution in [0, 0.1) is 5.92 Å². The smallest absolute Gasteiger partial charge is 0.161 e. The summed E-state index contributed by atoms with van der Waals surface area (Å²) >= 11 is 0. The van der Waals surface area contributed by atoms with Crippen molar-refractivity contribution >= 4 is 0 Å². The van der Waals surface area contributed by atoms with Crippen molar-refractivity contribution in [2.75, 3.05) is 13.2 Å². The van der Waals surface area contributed by atoms with Crippen molar-refractivity contribution in [2.45, 2.75) is 33.1 Å². The standard InChI is InChI=1S/C16H22O2/c1-4-12(2)5-6-14-7-8-15-16(9-14)18-11-13(3)10-17-15/h7-9,12H,3-6,10-11H2,1-2H3. The molecule has 18 heavy (non-hydrogen) atoms. The molecule has 0 saturated heterocycles. The quantitative estimate of drug-likeness (QED) is 0.748. The molecule has 0 radical (unpaired) electrons. The van der Waals surface area contributed by atoms with E-state index in [1.165, 1.54) is 18.4 Å². The van der Waals surface area contributed by atoms with E-state index in [0.29, 0.717) is 13.2 Å².